The van der Waals surface area contributed by atoms with Crippen molar-refractivity contribution in [1.29, 1.82) is 0 Å². The molecule has 2 unspecified atom stereocenters. The number of carbonyl (C=O) groups is 1. The Kier molecular flexibility index (Phi) is 5.39. The normalized spacial score (nSPS) is 14.2. The van der Waals surface area contributed by atoms with Gasteiger partial charge in [0, 0.05) is 6.08 Å². The zero-order valence-electron chi connectivity index (χ0n) is 10.8. The molecule has 4 nitrogen and oxygen atoms in total. The molecule has 0 aliphatic carbocycles. The standard InChI is InChI=1S/C14H18O4/c1-10-5-4-6-12(9-10)18-13(11(2)15)7-8-14(16)17-3/h4-9,11,13,15H,1-3H3/b8-7+. The van der Waals surface area contributed by atoms with Crippen molar-refractivity contribution in [2.45, 2.75) is 26.1 Å². The van der Waals surface area contributed by atoms with Crippen LogP contribution in [0.25, 0.3) is 0 Å². The van der Waals surface area contributed by atoms with Gasteiger partial charge in [-0.05, 0) is 37.6 Å². The van der Waals surface area contributed by atoms with E-state index in [-0.39, 0.29) is 0 Å². The molecule has 1 aromatic rings. The van der Waals surface area contributed by atoms with Gasteiger partial charge >= 0.3 is 5.97 Å². The topological polar surface area (TPSA) is 55.8 Å². The molecule has 0 fully saturated rings. The summed E-state index contributed by atoms with van der Waals surface area (Å²) in [6.45, 7) is 3.55. The minimum Gasteiger partial charge on any atom is -0.484 e. The first-order valence-corrected chi connectivity index (χ1v) is 5.70. The second-order valence-corrected chi connectivity index (χ2v) is 4.02. The molecular weight excluding hydrogens is 232 g/mol. The Labute approximate surface area is 107 Å². The fourth-order valence-corrected chi connectivity index (χ4v) is 1.39. The SMILES string of the molecule is COC(=O)/C=C/C(Oc1cccc(C)c1)C(C)O. The van der Waals surface area contributed by atoms with Crippen LogP contribution in [-0.4, -0.2) is 30.4 Å². The van der Waals surface area contributed by atoms with Gasteiger partial charge < -0.3 is 14.6 Å². The lowest BCUT2D eigenvalue weighted by Gasteiger charge is -2.18. The average molecular weight is 250 g/mol. The lowest BCUT2D eigenvalue weighted by atomic mass is 10.2. The highest BCUT2D eigenvalue weighted by atomic mass is 16.5. The van der Waals surface area contributed by atoms with Crippen LogP contribution in [0, 0.1) is 6.92 Å². The van der Waals surface area contributed by atoms with Crippen LogP contribution in [0.15, 0.2) is 36.4 Å². The first kappa shape index (κ1) is 14.3. The third kappa shape index (κ3) is 4.59. The van der Waals surface area contributed by atoms with Gasteiger partial charge in [0.15, 0.2) is 0 Å². The van der Waals surface area contributed by atoms with Crippen LogP contribution in [0.2, 0.25) is 0 Å². The Morgan fingerprint density at radius 3 is 2.72 bits per heavy atom. The summed E-state index contributed by atoms with van der Waals surface area (Å²) in [5.74, 6) is 0.170. The molecule has 98 valence electrons. The molecule has 0 radical (unpaired) electrons. The molecule has 0 aliphatic rings. The summed E-state index contributed by atoms with van der Waals surface area (Å²) in [6.07, 6.45) is 1.41. The summed E-state index contributed by atoms with van der Waals surface area (Å²) in [5, 5.41) is 9.60. The van der Waals surface area contributed by atoms with Crippen molar-refractivity contribution >= 4 is 5.97 Å². The zero-order chi connectivity index (χ0) is 13.5. The molecule has 0 aliphatic heterocycles. The number of esters is 1. The van der Waals surface area contributed by atoms with Crippen molar-refractivity contribution in [2.24, 2.45) is 0 Å². The fourth-order valence-electron chi connectivity index (χ4n) is 1.39. The second-order valence-electron chi connectivity index (χ2n) is 4.02. The van der Waals surface area contributed by atoms with Crippen molar-refractivity contribution < 1.29 is 19.4 Å². The maximum Gasteiger partial charge on any atom is 0.330 e. The van der Waals surface area contributed by atoms with E-state index in [0.717, 1.165) is 5.56 Å². The minimum absolute atomic E-state index is 0.478. The molecule has 0 heterocycles. The molecule has 0 aromatic heterocycles. The summed E-state index contributed by atoms with van der Waals surface area (Å²) < 4.78 is 10.1. The molecule has 0 amide bonds. The molecule has 0 spiro atoms. The summed E-state index contributed by atoms with van der Waals surface area (Å²) in [4.78, 5) is 11.0. The fraction of sp³-hybridized carbons (Fsp3) is 0.357. The molecular formula is C14H18O4. The van der Waals surface area contributed by atoms with Gasteiger partial charge in [0.1, 0.15) is 11.9 Å². The molecule has 2 atom stereocenters. The summed E-state index contributed by atoms with van der Waals surface area (Å²) >= 11 is 0. The highest BCUT2D eigenvalue weighted by Crippen LogP contribution is 2.16. The van der Waals surface area contributed by atoms with E-state index >= 15 is 0 Å². The zero-order valence-corrected chi connectivity index (χ0v) is 10.8. The third-order valence-electron chi connectivity index (χ3n) is 2.36. The number of aliphatic hydroxyl groups excluding tert-OH is 1. The van der Waals surface area contributed by atoms with Gasteiger partial charge in [-0.25, -0.2) is 4.79 Å². The summed E-state index contributed by atoms with van der Waals surface area (Å²) in [5.41, 5.74) is 1.06. The Balaban J connectivity index is 2.75. The van der Waals surface area contributed by atoms with E-state index in [0.29, 0.717) is 5.75 Å². The van der Waals surface area contributed by atoms with Crippen LogP contribution in [0.3, 0.4) is 0 Å². The number of aliphatic hydroxyl groups is 1. The second kappa shape index (κ2) is 6.81. The van der Waals surface area contributed by atoms with Crippen LogP contribution < -0.4 is 4.74 Å². The maximum absolute atomic E-state index is 11.0. The van der Waals surface area contributed by atoms with E-state index < -0.39 is 18.2 Å². The number of ether oxygens (including phenoxy) is 2. The lowest BCUT2D eigenvalue weighted by molar-refractivity contribution is -0.134. The number of carbonyl (C=O) groups excluding carboxylic acids is 1. The summed E-state index contributed by atoms with van der Waals surface area (Å²) in [7, 11) is 1.30. The van der Waals surface area contributed by atoms with Crippen LogP contribution in [0.4, 0.5) is 0 Å². The number of hydrogen-bond donors (Lipinski definition) is 1. The van der Waals surface area contributed by atoms with Crippen molar-refractivity contribution in [3.63, 3.8) is 0 Å². The van der Waals surface area contributed by atoms with Crippen LogP contribution in [-0.2, 0) is 9.53 Å². The highest BCUT2D eigenvalue weighted by molar-refractivity contribution is 5.81. The largest absolute Gasteiger partial charge is 0.484 e. The van der Waals surface area contributed by atoms with Crippen molar-refractivity contribution in [1.82, 2.24) is 0 Å². The van der Waals surface area contributed by atoms with Crippen LogP contribution in [0.1, 0.15) is 12.5 Å². The number of rotatable bonds is 5. The number of hydrogen-bond acceptors (Lipinski definition) is 4. The van der Waals surface area contributed by atoms with E-state index in [4.69, 9.17) is 4.74 Å². The number of methoxy groups -OCH3 is 1. The van der Waals surface area contributed by atoms with E-state index in [9.17, 15) is 9.90 Å². The van der Waals surface area contributed by atoms with Gasteiger partial charge in [-0.3, -0.25) is 0 Å². The van der Waals surface area contributed by atoms with Gasteiger partial charge in [-0.1, -0.05) is 12.1 Å². The van der Waals surface area contributed by atoms with E-state index in [2.05, 4.69) is 4.74 Å². The average Bonchev–Trinajstić information content (AvgIpc) is 2.33. The van der Waals surface area contributed by atoms with Gasteiger partial charge in [0.05, 0.1) is 13.2 Å². The summed E-state index contributed by atoms with van der Waals surface area (Å²) in [6, 6.07) is 7.48. The lowest BCUT2D eigenvalue weighted by Crippen LogP contribution is -2.27. The van der Waals surface area contributed by atoms with E-state index in [1.165, 1.54) is 19.3 Å². The highest BCUT2D eigenvalue weighted by Gasteiger charge is 2.14. The molecule has 18 heavy (non-hydrogen) atoms. The third-order valence-corrected chi connectivity index (χ3v) is 2.36. The Hall–Kier alpha value is -1.81. The minimum atomic E-state index is -0.730. The first-order valence-electron chi connectivity index (χ1n) is 5.70. The molecule has 0 bridgehead atoms. The van der Waals surface area contributed by atoms with Gasteiger partial charge in [-0.2, -0.15) is 0 Å². The Bertz CT molecular complexity index is 424. The number of benzene rings is 1. The molecule has 0 saturated carbocycles. The molecule has 1 aromatic carbocycles. The maximum atomic E-state index is 11.0. The first-order chi connectivity index (χ1) is 8.52. The predicted molar refractivity (Wildman–Crippen MR) is 68.4 cm³/mol. The van der Waals surface area contributed by atoms with Gasteiger partial charge in [-0.15, -0.1) is 0 Å². The molecule has 1 N–H and O–H groups in total. The Morgan fingerprint density at radius 1 is 1.44 bits per heavy atom. The Morgan fingerprint density at radius 2 is 2.17 bits per heavy atom. The quantitative estimate of drug-likeness (QED) is 0.640. The van der Waals surface area contributed by atoms with Crippen molar-refractivity contribution in [3.8, 4) is 5.75 Å². The molecule has 1 rings (SSSR count). The van der Waals surface area contributed by atoms with Gasteiger partial charge in [0.2, 0.25) is 0 Å². The van der Waals surface area contributed by atoms with E-state index in [1.54, 1.807) is 13.0 Å². The van der Waals surface area contributed by atoms with Crippen molar-refractivity contribution in [2.75, 3.05) is 7.11 Å². The van der Waals surface area contributed by atoms with Gasteiger partial charge in [0.25, 0.3) is 0 Å². The monoisotopic (exact) mass is 250 g/mol. The van der Waals surface area contributed by atoms with E-state index in [1.807, 2.05) is 25.1 Å². The van der Waals surface area contributed by atoms with Crippen molar-refractivity contribution in [3.05, 3.63) is 42.0 Å². The van der Waals surface area contributed by atoms with Crippen LogP contribution in [0.5, 0.6) is 5.75 Å². The predicted octanol–water partition coefficient (Wildman–Crippen LogP) is 1.85. The van der Waals surface area contributed by atoms with Crippen LogP contribution >= 0.6 is 0 Å². The molecule has 4 heteroatoms. The smallest absolute Gasteiger partial charge is 0.330 e. The number of aryl methyl sites for hydroxylation is 1. The molecule has 0 saturated heterocycles.